The van der Waals surface area contributed by atoms with Crippen molar-refractivity contribution >= 4 is 0 Å². The van der Waals surface area contributed by atoms with Crippen molar-refractivity contribution in [3.63, 3.8) is 0 Å². The second-order valence-corrected chi connectivity index (χ2v) is 6.59. The highest BCUT2D eigenvalue weighted by Crippen LogP contribution is 2.19. The molecule has 0 bridgehead atoms. The van der Waals surface area contributed by atoms with Crippen molar-refractivity contribution in [3.8, 4) is 0 Å². The highest BCUT2D eigenvalue weighted by atomic mass is 14.9. The van der Waals surface area contributed by atoms with Crippen molar-refractivity contribution in [1.29, 1.82) is 0 Å². The molecule has 0 aliphatic rings. The first-order valence-corrected chi connectivity index (χ1v) is 8.29. The zero-order valence-corrected chi connectivity index (χ0v) is 13.6. The molecule has 0 aromatic heterocycles. The summed E-state index contributed by atoms with van der Waals surface area (Å²) in [5.41, 5.74) is 0.452. The Balaban J connectivity index is 3.94. The smallest absolute Gasteiger partial charge is 0.00672 e. The summed E-state index contributed by atoms with van der Waals surface area (Å²) in [4.78, 5) is 0. The van der Waals surface area contributed by atoms with E-state index in [1.54, 1.807) is 0 Å². The van der Waals surface area contributed by atoms with Gasteiger partial charge in [-0.1, -0.05) is 73.1 Å². The van der Waals surface area contributed by atoms with Crippen LogP contribution >= 0.6 is 0 Å². The van der Waals surface area contributed by atoms with E-state index >= 15 is 0 Å². The summed E-state index contributed by atoms with van der Waals surface area (Å²) >= 11 is 0. The number of unbranched alkanes of at least 4 members (excludes halogenated alkanes) is 4. The van der Waals surface area contributed by atoms with Crippen LogP contribution in [0.15, 0.2) is 0 Å². The van der Waals surface area contributed by atoms with Crippen LogP contribution in [0, 0.1) is 5.41 Å². The largest absolute Gasteiger partial charge is 0.313 e. The summed E-state index contributed by atoms with van der Waals surface area (Å²) in [5, 5.41) is 3.83. The van der Waals surface area contributed by atoms with Gasteiger partial charge in [0.2, 0.25) is 0 Å². The topological polar surface area (TPSA) is 12.0 Å². The predicted molar refractivity (Wildman–Crippen MR) is 84.1 cm³/mol. The molecular formula is C17H37N. The molecule has 1 heteroatoms. The van der Waals surface area contributed by atoms with Gasteiger partial charge in [-0.2, -0.15) is 0 Å². The molecule has 0 saturated carbocycles. The first-order valence-electron chi connectivity index (χ1n) is 8.29. The minimum atomic E-state index is 0.452. The highest BCUT2D eigenvalue weighted by molar-refractivity contribution is 4.74. The van der Waals surface area contributed by atoms with Gasteiger partial charge >= 0.3 is 0 Å². The molecule has 0 amide bonds. The first-order chi connectivity index (χ1) is 8.55. The fraction of sp³-hybridized carbons (Fsp3) is 1.00. The van der Waals surface area contributed by atoms with Crippen molar-refractivity contribution < 1.29 is 0 Å². The number of hydrogen-bond acceptors (Lipinski definition) is 1. The molecule has 0 spiro atoms. The Morgan fingerprint density at radius 3 is 1.72 bits per heavy atom. The Bertz CT molecular complexity index is 164. The van der Waals surface area contributed by atoms with Gasteiger partial charge in [0.1, 0.15) is 0 Å². The molecule has 0 fully saturated rings. The molecule has 0 aromatic rings. The second kappa shape index (κ2) is 10.8. The minimum absolute atomic E-state index is 0.452. The molecule has 0 aliphatic heterocycles. The third-order valence-corrected chi connectivity index (χ3v) is 4.14. The lowest BCUT2D eigenvalue weighted by atomic mass is 9.89. The number of hydrogen-bond donors (Lipinski definition) is 1. The fourth-order valence-electron chi connectivity index (χ4n) is 2.18. The standard InChI is InChI=1S/C17H37N/c1-6-9-11-13-16(14-12-10-7-2)18-15-17(4,5)8-3/h16,18H,6-15H2,1-5H3. The van der Waals surface area contributed by atoms with E-state index in [4.69, 9.17) is 0 Å². The summed E-state index contributed by atoms with van der Waals surface area (Å²) in [7, 11) is 0. The molecule has 0 saturated heterocycles. The summed E-state index contributed by atoms with van der Waals surface area (Å²) in [6.45, 7) is 12.8. The van der Waals surface area contributed by atoms with Gasteiger partial charge in [-0.3, -0.25) is 0 Å². The maximum absolute atomic E-state index is 3.83. The normalized spacial score (nSPS) is 12.3. The van der Waals surface area contributed by atoms with Crippen LogP contribution in [-0.2, 0) is 0 Å². The monoisotopic (exact) mass is 255 g/mol. The van der Waals surface area contributed by atoms with E-state index in [1.165, 1.54) is 64.3 Å². The van der Waals surface area contributed by atoms with E-state index in [1.807, 2.05) is 0 Å². The first kappa shape index (κ1) is 18.0. The van der Waals surface area contributed by atoms with Crippen molar-refractivity contribution in [2.75, 3.05) is 6.54 Å². The third kappa shape index (κ3) is 9.94. The van der Waals surface area contributed by atoms with Gasteiger partial charge in [-0.25, -0.2) is 0 Å². The van der Waals surface area contributed by atoms with Crippen molar-refractivity contribution in [1.82, 2.24) is 5.32 Å². The zero-order chi connectivity index (χ0) is 13.9. The van der Waals surface area contributed by atoms with Gasteiger partial charge in [0.25, 0.3) is 0 Å². The van der Waals surface area contributed by atoms with Crippen molar-refractivity contribution in [3.05, 3.63) is 0 Å². The Morgan fingerprint density at radius 1 is 0.833 bits per heavy atom. The quantitative estimate of drug-likeness (QED) is 0.451. The van der Waals surface area contributed by atoms with Crippen molar-refractivity contribution in [2.24, 2.45) is 5.41 Å². The van der Waals surface area contributed by atoms with E-state index in [2.05, 4.69) is 39.9 Å². The summed E-state index contributed by atoms with van der Waals surface area (Å²) in [5.74, 6) is 0. The number of rotatable bonds is 12. The Morgan fingerprint density at radius 2 is 1.33 bits per heavy atom. The van der Waals surface area contributed by atoms with E-state index in [-0.39, 0.29) is 0 Å². The van der Waals surface area contributed by atoms with Crippen LogP contribution in [0.5, 0.6) is 0 Å². The molecule has 110 valence electrons. The molecule has 0 aromatic carbocycles. The Labute approximate surface area is 116 Å². The molecule has 1 N–H and O–H groups in total. The van der Waals surface area contributed by atoms with Crippen LogP contribution in [0.25, 0.3) is 0 Å². The summed E-state index contributed by atoms with van der Waals surface area (Å²) < 4.78 is 0. The molecule has 0 heterocycles. The van der Waals surface area contributed by atoms with Crippen LogP contribution in [-0.4, -0.2) is 12.6 Å². The van der Waals surface area contributed by atoms with Gasteiger partial charge < -0.3 is 5.32 Å². The van der Waals surface area contributed by atoms with Gasteiger partial charge in [-0.05, 0) is 24.7 Å². The third-order valence-electron chi connectivity index (χ3n) is 4.14. The molecule has 0 aliphatic carbocycles. The van der Waals surface area contributed by atoms with Gasteiger partial charge in [0, 0.05) is 12.6 Å². The Kier molecular flexibility index (Phi) is 10.8. The molecule has 1 nitrogen and oxygen atoms in total. The molecule has 0 unspecified atom stereocenters. The van der Waals surface area contributed by atoms with Gasteiger partial charge in [-0.15, -0.1) is 0 Å². The maximum atomic E-state index is 3.83. The lowest BCUT2D eigenvalue weighted by molar-refractivity contribution is 0.293. The number of nitrogens with one attached hydrogen (secondary N) is 1. The molecule has 0 radical (unpaired) electrons. The van der Waals surface area contributed by atoms with Crippen LogP contribution < -0.4 is 5.32 Å². The van der Waals surface area contributed by atoms with Crippen LogP contribution in [0.2, 0.25) is 0 Å². The van der Waals surface area contributed by atoms with Gasteiger partial charge in [0.05, 0.1) is 0 Å². The second-order valence-electron chi connectivity index (χ2n) is 6.59. The lowest BCUT2D eigenvalue weighted by Gasteiger charge is -2.27. The van der Waals surface area contributed by atoms with E-state index < -0.39 is 0 Å². The van der Waals surface area contributed by atoms with Crippen LogP contribution in [0.4, 0.5) is 0 Å². The maximum Gasteiger partial charge on any atom is 0.00672 e. The molecule has 0 atom stereocenters. The lowest BCUT2D eigenvalue weighted by Crippen LogP contribution is -2.36. The van der Waals surface area contributed by atoms with E-state index in [9.17, 15) is 0 Å². The zero-order valence-electron chi connectivity index (χ0n) is 13.6. The average molecular weight is 255 g/mol. The predicted octanol–water partition coefficient (Wildman–Crippen LogP) is 5.54. The van der Waals surface area contributed by atoms with Crippen LogP contribution in [0.1, 0.15) is 92.4 Å². The molecule has 18 heavy (non-hydrogen) atoms. The summed E-state index contributed by atoms with van der Waals surface area (Å²) in [6, 6.07) is 0.758. The summed E-state index contributed by atoms with van der Waals surface area (Å²) in [6.07, 6.45) is 12.3. The minimum Gasteiger partial charge on any atom is -0.313 e. The molecular weight excluding hydrogens is 218 g/mol. The SMILES string of the molecule is CCCCCC(CCCCC)NCC(C)(C)CC. The fourth-order valence-corrected chi connectivity index (χ4v) is 2.18. The van der Waals surface area contributed by atoms with Gasteiger partial charge in [0.15, 0.2) is 0 Å². The average Bonchev–Trinajstić information content (AvgIpc) is 2.36. The Hall–Kier alpha value is -0.0400. The van der Waals surface area contributed by atoms with E-state index in [0.29, 0.717) is 5.41 Å². The van der Waals surface area contributed by atoms with Crippen LogP contribution in [0.3, 0.4) is 0 Å². The molecule has 0 rings (SSSR count). The highest BCUT2D eigenvalue weighted by Gasteiger charge is 2.17. The van der Waals surface area contributed by atoms with Crippen molar-refractivity contribution in [2.45, 2.75) is 98.4 Å². The van der Waals surface area contributed by atoms with E-state index in [0.717, 1.165) is 6.04 Å².